The summed E-state index contributed by atoms with van der Waals surface area (Å²) < 4.78 is 2.05. The molecule has 0 bridgehead atoms. The molecule has 0 unspecified atom stereocenters. The van der Waals surface area contributed by atoms with E-state index in [-0.39, 0.29) is 0 Å². The van der Waals surface area contributed by atoms with E-state index < -0.39 is 0 Å². The number of hydrogen-bond donors (Lipinski definition) is 1. The van der Waals surface area contributed by atoms with Crippen molar-refractivity contribution in [1.82, 2.24) is 9.55 Å². The molecule has 0 saturated heterocycles. The first kappa shape index (κ1) is 6.65. The van der Waals surface area contributed by atoms with Gasteiger partial charge >= 0.3 is 0 Å². The van der Waals surface area contributed by atoms with Gasteiger partial charge in [-0.1, -0.05) is 12.1 Å². The minimum absolute atomic E-state index is 0.656. The molecule has 1 N–H and O–H groups in total. The van der Waals surface area contributed by atoms with Crippen molar-refractivity contribution in [3.05, 3.63) is 24.3 Å². The summed E-state index contributed by atoms with van der Waals surface area (Å²) >= 11 is 0. The molecule has 4 nitrogen and oxygen atoms in total. The van der Waals surface area contributed by atoms with E-state index in [0.717, 1.165) is 17.0 Å². The van der Waals surface area contributed by atoms with Crippen molar-refractivity contribution in [2.75, 3.05) is 5.32 Å². The fourth-order valence-electron chi connectivity index (χ4n) is 1.55. The third-order valence-electron chi connectivity index (χ3n) is 2.16. The van der Waals surface area contributed by atoms with Crippen LogP contribution in [0.3, 0.4) is 0 Å². The number of para-hydroxylation sites is 2. The summed E-state index contributed by atoms with van der Waals surface area (Å²) in [5, 5.41) is 3.01. The summed E-state index contributed by atoms with van der Waals surface area (Å²) in [6, 6.07) is 8.05. The fraction of sp³-hybridized carbons (Fsp3) is 0.111. The summed E-state index contributed by atoms with van der Waals surface area (Å²) in [6.07, 6.45) is 1.68. The lowest BCUT2D eigenvalue weighted by Gasteiger charge is -2.09. The molecule has 2 heterocycles. The third-order valence-corrected chi connectivity index (χ3v) is 2.16. The number of anilines is 1. The summed E-state index contributed by atoms with van der Waals surface area (Å²) in [5.74, 6) is 0.871. The highest BCUT2D eigenvalue weighted by atomic mass is 15.3. The predicted octanol–water partition coefficient (Wildman–Crippen LogP) is 1.45. The van der Waals surface area contributed by atoms with Crippen molar-refractivity contribution in [3.63, 3.8) is 0 Å². The molecular formula is C9H8N4. The Bertz CT molecular complexity index is 483. The number of rotatable bonds is 0. The van der Waals surface area contributed by atoms with Crippen LogP contribution in [0.15, 0.2) is 29.3 Å². The molecule has 0 aliphatic carbocycles. The van der Waals surface area contributed by atoms with Gasteiger partial charge in [-0.25, -0.2) is 4.98 Å². The summed E-state index contributed by atoms with van der Waals surface area (Å²) in [4.78, 5) is 8.54. The number of nitrogens with zero attached hydrogens (tertiary/aromatic N) is 3. The van der Waals surface area contributed by atoms with Crippen LogP contribution < -0.4 is 5.32 Å². The zero-order chi connectivity index (χ0) is 8.67. The lowest BCUT2D eigenvalue weighted by atomic mass is 10.3. The number of nitrogens with one attached hydrogen (secondary N) is 1. The molecule has 0 fully saturated rings. The van der Waals surface area contributed by atoms with Gasteiger partial charge in [0, 0.05) is 0 Å². The van der Waals surface area contributed by atoms with Crippen LogP contribution in [-0.4, -0.2) is 15.9 Å². The van der Waals surface area contributed by atoms with Gasteiger partial charge in [0.2, 0.25) is 5.95 Å². The van der Waals surface area contributed by atoms with Crippen LogP contribution in [0.25, 0.3) is 11.0 Å². The molecular weight excluding hydrogens is 164 g/mol. The van der Waals surface area contributed by atoms with Crippen LogP contribution in [-0.2, 0) is 6.67 Å². The number of hydrogen-bond acceptors (Lipinski definition) is 3. The Morgan fingerprint density at radius 3 is 3.23 bits per heavy atom. The summed E-state index contributed by atoms with van der Waals surface area (Å²) in [5.41, 5.74) is 2.14. The lowest BCUT2D eigenvalue weighted by Crippen LogP contribution is -2.10. The largest absolute Gasteiger partial charge is 0.317 e. The van der Waals surface area contributed by atoms with Crippen molar-refractivity contribution in [1.29, 1.82) is 0 Å². The average Bonchev–Trinajstić information content (AvgIpc) is 2.56. The number of fused-ring (bicyclic) bond motifs is 3. The molecule has 0 spiro atoms. The van der Waals surface area contributed by atoms with E-state index >= 15 is 0 Å². The van der Waals surface area contributed by atoms with Crippen molar-refractivity contribution in [3.8, 4) is 0 Å². The molecule has 2 aromatic rings. The quantitative estimate of drug-likeness (QED) is 0.653. The van der Waals surface area contributed by atoms with Gasteiger partial charge in [-0.15, -0.1) is 0 Å². The molecule has 0 amide bonds. The monoisotopic (exact) mass is 172 g/mol. The molecule has 13 heavy (non-hydrogen) atoms. The molecule has 64 valence electrons. The zero-order valence-electron chi connectivity index (χ0n) is 6.94. The first-order chi connectivity index (χ1) is 6.45. The highest BCUT2D eigenvalue weighted by molar-refractivity contribution is 5.83. The standard InChI is InChI=1S/C9H8N4/c1-2-4-8-7(3-1)12-9-11-5-10-6-13(8)9/h1-5H,6H2,(H,10,11,12). The van der Waals surface area contributed by atoms with E-state index in [0.29, 0.717) is 6.67 Å². The Labute approximate surface area is 74.9 Å². The smallest absolute Gasteiger partial charge is 0.210 e. The first-order valence-electron chi connectivity index (χ1n) is 4.15. The van der Waals surface area contributed by atoms with E-state index in [1.54, 1.807) is 6.34 Å². The van der Waals surface area contributed by atoms with Gasteiger partial charge < -0.3 is 5.32 Å². The number of aliphatic imine (C=N–C) groups is 1. The molecule has 0 radical (unpaired) electrons. The minimum Gasteiger partial charge on any atom is -0.317 e. The van der Waals surface area contributed by atoms with Gasteiger partial charge in [0.25, 0.3) is 0 Å². The van der Waals surface area contributed by atoms with Crippen LogP contribution in [0, 0.1) is 0 Å². The van der Waals surface area contributed by atoms with Crippen LogP contribution in [0.5, 0.6) is 0 Å². The molecule has 1 aliphatic heterocycles. The molecule has 0 saturated carbocycles. The molecule has 1 aliphatic rings. The molecule has 0 atom stereocenters. The Balaban J connectivity index is 2.37. The van der Waals surface area contributed by atoms with Gasteiger partial charge in [-0.3, -0.25) is 9.56 Å². The maximum atomic E-state index is 4.41. The Morgan fingerprint density at radius 1 is 1.31 bits per heavy atom. The SMILES string of the molecule is C1=NCn2c(nc3ccccc32)N1. The molecule has 3 rings (SSSR count). The van der Waals surface area contributed by atoms with Crippen molar-refractivity contribution < 1.29 is 0 Å². The average molecular weight is 172 g/mol. The topological polar surface area (TPSA) is 42.2 Å². The maximum Gasteiger partial charge on any atom is 0.210 e. The Kier molecular flexibility index (Phi) is 1.19. The number of imidazole rings is 1. The van der Waals surface area contributed by atoms with Crippen LogP contribution in [0.4, 0.5) is 5.95 Å². The second-order valence-electron chi connectivity index (χ2n) is 2.95. The summed E-state index contributed by atoms with van der Waals surface area (Å²) in [7, 11) is 0. The van der Waals surface area contributed by atoms with Crippen molar-refractivity contribution >= 4 is 23.3 Å². The van der Waals surface area contributed by atoms with Crippen LogP contribution in [0.2, 0.25) is 0 Å². The zero-order valence-corrected chi connectivity index (χ0v) is 6.94. The first-order valence-corrected chi connectivity index (χ1v) is 4.15. The normalized spacial score (nSPS) is 14.2. The second-order valence-corrected chi connectivity index (χ2v) is 2.95. The van der Waals surface area contributed by atoms with E-state index in [2.05, 4.69) is 19.9 Å². The van der Waals surface area contributed by atoms with Crippen molar-refractivity contribution in [2.45, 2.75) is 6.67 Å². The van der Waals surface area contributed by atoms with Gasteiger partial charge in [-0.05, 0) is 12.1 Å². The van der Waals surface area contributed by atoms with Crippen LogP contribution in [0.1, 0.15) is 0 Å². The van der Waals surface area contributed by atoms with E-state index in [4.69, 9.17) is 0 Å². The Hall–Kier alpha value is -1.84. The number of benzene rings is 1. The van der Waals surface area contributed by atoms with Gasteiger partial charge in [0.05, 0.1) is 17.4 Å². The van der Waals surface area contributed by atoms with E-state index in [1.807, 2.05) is 24.3 Å². The minimum atomic E-state index is 0.656. The van der Waals surface area contributed by atoms with Crippen LogP contribution >= 0.6 is 0 Å². The molecule has 1 aromatic heterocycles. The van der Waals surface area contributed by atoms with Gasteiger partial charge in [0.15, 0.2) is 0 Å². The maximum absolute atomic E-state index is 4.41. The van der Waals surface area contributed by atoms with E-state index in [1.165, 1.54) is 0 Å². The second kappa shape index (κ2) is 2.32. The van der Waals surface area contributed by atoms with Crippen molar-refractivity contribution in [2.24, 2.45) is 4.99 Å². The lowest BCUT2D eigenvalue weighted by molar-refractivity contribution is 0.757. The number of aromatic nitrogens is 2. The fourth-order valence-corrected chi connectivity index (χ4v) is 1.55. The predicted molar refractivity (Wildman–Crippen MR) is 51.8 cm³/mol. The van der Waals surface area contributed by atoms with Gasteiger partial charge in [-0.2, -0.15) is 0 Å². The van der Waals surface area contributed by atoms with Gasteiger partial charge in [0.1, 0.15) is 6.67 Å². The molecule has 4 heteroatoms. The van der Waals surface area contributed by atoms with E-state index in [9.17, 15) is 0 Å². The Morgan fingerprint density at radius 2 is 2.23 bits per heavy atom. The highest BCUT2D eigenvalue weighted by Crippen LogP contribution is 2.20. The summed E-state index contributed by atoms with van der Waals surface area (Å²) in [6.45, 7) is 0.656. The highest BCUT2D eigenvalue weighted by Gasteiger charge is 2.10. The third kappa shape index (κ3) is 0.853. The molecule has 1 aromatic carbocycles.